The van der Waals surface area contributed by atoms with E-state index in [9.17, 15) is 20.1 Å². The van der Waals surface area contributed by atoms with E-state index in [0.717, 1.165) is 0 Å². The van der Waals surface area contributed by atoms with Gasteiger partial charge < -0.3 is 20.6 Å². The van der Waals surface area contributed by atoms with Crippen LogP contribution in [0.1, 0.15) is 23.8 Å². The molecule has 7 heteroatoms. The number of rotatable bonds is 6. The van der Waals surface area contributed by atoms with Gasteiger partial charge in [-0.15, -0.1) is 0 Å². The molecular formula is C13H17N3O4. The van der Waals surface area contributed by atoms with Gasteiger partial charge in [0, 0.05) is 6.20 Å². The van der Waals surface area contributed by atoms with Crippen LogP contribution in [0.4, 0.5) is 5.82 Å². The van der Waals surface area contributed by atoms with Gasteiger partial charge in [0.1, 0.15) is 5.65 Å². The van der Waals surface area contributed by atoms with Gasteiger partial charge in [-0.2, -0.15) is 0 Å². The average molecular weight is 279 g/mol. The highest BCUT2D eigenvalue weighted by Crippen LogP contribution is 2.23. The molecule has 0 unspecified atom stereocenters. The fraction of sp³-hybridized carbons (Fsp3) is 0.385. The quantitative estimate of drug-likeness (QED) is 0.616. The van der Waals surface area contributed by atoms with Crippen molar-refractivity contribution >= 4 is 17.4 Å². The van der Waals surface area contributed by atoms with E-state index >= 15 is 0 Å². The Morgan fingerprint density at radius 2 is 2.10 bits per heavy atom. The number of carboxylic acid groups (broad SMARTS) is 1. The number of aromatic carboxylic acids is 1. The number of nitrogens with zero attached hydrogens (tertiary/aromatic N) is 2. The molecule has 0 aromatic carbocycles. The number of pyridine rings is 1. The summed E-state index contributed by atoms with van der Waals surface area (Å²) in [5, 5.41) is 31.1. The number of carboxylic acids is 1. The van der Waals surface area contributed by atoms with Crippen LogP contribution in [0.5, 0.6) is 0 Å². The third-order valence-corrected chi connectivity index (χ3v) is 3.40. The Labute approximate surface area is 115 Å². The van der Waals surface area contributed by atoms with Crippen molar-refractivity contribution in [3.05, 3.63) is 30.1 Å². The molecule has 0 saturated carbocycles. The topological polar surface area (TPSA) is 107 Å². The zero-order valence-corrected chi connectivity index (χ0v) is 11.1. The molecule has 20 heavy (non-hydrogen) atoms. The van der Waals surface area contributed by atoms with Crippen molar-refractivity contribution in [1.29, 1.82) is 0 Å². The van der Waals surface area contributed by atoms with E-state index < -0.39 is 11.5 Å². The van der Waals surface area contributed by atoms with Crippen LogP contribution in [0.2, 0.25) is 0 Å². The van der Waals surface area contributed by atoms with Crippen molar-refractivity contribution in [3.63, 3.8) is 0 Å². The molecule has 0 aliphatic carbocycles. The van der Waals surface area contributed by atoms with E-state index in [2.05, 4.69) is 10.3 Å². The van der Waals surface area contributed by atoms with Crippen molar-refractivity contribution in [1.82, 2.24) is 9.38 Å². The van der Waals surface area contributed by atoms with E-state index in [1.54, 1.807) is 31.3 Å². The molecule has 0 radical (unpaired) electrons. The number of nitrogens with one attached hydrogen (secondary N) is 1. The second kappa shape index (κ2) is 5.48. The van der Waals surface area contributed by atoms with Crippen molar-refractivity contribution in [2.24, 2.45) is 0 Å². The highest BCUT2D eigenvalue weighted by atomic mass is 16.4. The van der Waals surface area contributed by atoms with Crippen molar-refractivity contribution < 1.29 is 20.1 Å². The van der Waals surface area contributed by atoms with E-state index in [4.69, 9.17) is 0 Å². The van der Waals surface area contributed by atoms with Crippen LogP contribution in [-0.2, 0) is 0 Å². The summed E-state index contributed by atoms with van der Waals surface area (Å²) in [4.78, 5) is 15.6. The molecule has 0 aliphatic heterocycles. The van der Waals surface area contributed by atoms with Gasteiger partial charge in [0.05, 0.1) is 18.8 Å². The van der Waals surface area contributed by atoms with E-state index in [0.29, 0.717) is 12.1 Å². The summed E-state index contributed by atoms with van der Waals surface area (Å²) in [7, 11) is 0. The highest BCUT2D eigenvalue weighted by Gasteiger charge is 2.30. The maximum Gasteiger partial charge on any atom is 0.356 e. The number of aliphatic hydroxyl groups excluding tert-OH is 2. The predicted octanol–water partition coefficient (Wildman–Crippen LogP) is 0.578. The van der Waals surface area contributed by atoms with Gasteiger partial charge in [-0.25, -0.2) is 9.78 Å². The number of hydrogen-bond donors (Lipinski definition) is 4. The largest absolute Gasteiger partial charge is 0.476 e. The van der Waals surface area contributed by atoms with Crippen LogP contribution in [0.15, 0.2) is 24.4 Å². The lowest BCUT2D eigenvalue weighted by molar-refractivity contribution is 0.0689. The summed E-state index contributed by atoms with van der Waals surface area (Å²) < 4.78 is 1.44. The van der Waals surface area contributed by atoms with Crippen molar-refractivity contribution in [2.75, 3.05) is 18.5 Å². The first-order valence-corrected chi connectivity index (χ1v) is 6.27. The van der Waals surface area contributed by atoms with E-state index in [1.807, 2.05) is 0 Å². The number of aliphatic hydroxyl groups is 2. The van der Waals surface area contributed by atoms with E-state index in [-0.39, 0.29) is 24.7 Å². The predicted molar refractivity (Wildman–Crippen MR) is 73.0 cm³/mol. The smallest absolute Gasteiger partial charge is 0.356 e. The molecule has 0 fully saturated rings. The summed E-state index contributed by atoms with van der Waals surface area (Å²) in [5.41, 5.74) is -0.545. The molecule has 0 amide bonds. The lowest BCUT2D eigenvalue weighted by atomic mass is 9.98. The lowest BCUT2D eigenvalue weighted by Gasteiger charge is -2.29. The minimum Gasteiger partial charge on any atom is -0.476 e. The minimum absolute atomic E-state index is 0.0275. The third-order valence-electron chi connectivity index (χ3n) is 3.40. The van der Waals surface area contributed by atoms with Gasteiger partial charge in [-0.1, -0.05) is 13.0 Å². The second-order valence-electron chi connectivity index (χ2n) is 4.62. The SMILES string of the molecule is CCC(CO)(CO)Nc1nc2ccccn2c1C(=O)O. The van der Waals surface area contributed by atoms with Crippen LogP contribution in [0, 0.1) is 0 Å². The highest BCUT2D eigenvalue weighted by molar-refractivity contribution is 5.93. The maximum atomic E-state index is 11.4. The Kier molecular flexibility index (Phi) is 3.91. The third kappa shape index (κ3) is 2.33. The molecule has 0 saturated heterocycles. The Balaban J connectivity index is 2.54. The minimum atomic E-state index is -1.13. The summed E-state index contributed by atoms with van der Waals surface area (Å²) in [6, 6.07) is 5.14. The van der Waals surface area contributed by atoms with Crippen LogP contribution in [0.3, 0.4) is 0 Å². The molecule has 0 atom stereocenters. The molecule has 0 aliphatic rings. The molecule has 0 bridgehead atoms. The molecular weight excluding hydrogens is 262 g/mol. The number of carbonyl (C=O) groups is 1. The summed E-state index contributed by atoms with van der Waals surface area (Å²) >= 11 is 0. The van der Waals surface area contributed by atoms with Gasteiger partial charge in [0.2, 0.25) is 0 Å². The normalized spacial score (nSPS) is 11.8. The summed E-state index contributed by atoms with van der Waals surface area (Å²) in [6.45, 7) is 1.13. The zero-order chi connectivity index (χ0) is 14.8. The number of fused-ring (bicyclic) bond motifs is 1. The van der Waals surface area contributed by atoms with Gasteiger partial charge in [-0.05, 0) is 18.6 Å². The fourth-order valence-electron chi connectivity index (χ4n) is 1.98. The van der Waals surface area contributed by atoms with E-state index in [1.165, 1.54) is 4.40 Å². The van der Waals surface area contributed by atoms with Crippen molar-refractivity contribution in [2.45, 2.75) is 18.9 Å². The van der Waals surface area contributed by atoms with Gasteiger partial charge >= 0.3 is 5.97 Å². The van der Waals surface area contributed by atoms with Crippen molar-refractivity contribution in [3.8, 4) is 0 Å². The molecule has 2 aromatic rings. The number of aromatic nitrogens is 2. The molecule has 0 spiro atoms. The van der Waals surface area contributed by atoms with Gasteiger partial charge in [-0.3, -0.25) is 4.40 Å². The molecule has 2 heterocycles. The van der Waals surface area contributed by atoms with Crippen LogP contribution in [-0.4, -0.2) is 49.4 Å². The average Bonchev–Trinajstić information content (AvgIpc) is 2.82. The Morgan fingerprint density at radius 3 is 2.65 bits per heavy atom. The summed E-state index contributed by atoms with van der Waals surface area (Å²) in [5.74, 6) is -0.999. The fourth-order valence-corrected chi connectivity index (χ4v) is 1.98. The molecule has 7 nitrogen and oxygen atoms in total. The van der Waals surface area contributed by atoms with Gasteiger partial charge in [0.15, 0.2) is 11.5 Å². The zero-order valence-electron chi connectivity index (χ0n) is 11.1. The Hall–Kier alpha value is -2.12. The standard InChI is InChI=1S/C13H17N3O4/c1-2-13(7-17,8-18)15-11-10(12(19)20)16-6-4-3-5-9(16)14-11/h3-6,15,17-18H,2,7-8H2,1H3,(H,19,20). The van der Waals surface area contributed by atoms with Gasteiger partial charge in [0.25, 0.3) is 0 Å². The molecule has 4 N–H and O–H groups in total. The molecule has 2 rings (SSSR count). The number of anilines is 1. The summed E-state index contributed by atoms with van der Waals surface area (Å²) in [6.07, 6.45) is 2.02. The monoisotopic (exact) mass is 279 g/mol. The molecule has 108 valence electrons. The van der Waals surface area contributed by atoms with Crippen LogP contribution >= 0.6 is 0 Å². The first-order chi connectivity index (χ1) is 9.56. The van der Waals surface area contributed by atoms with Crippen LogP contribution < -0.4 is 5.32 Å². The second-order valence-corrected chi connectivity index (χ2v) is 4.62. The lowest BCUT2D eigenvalue weighted by Crippen LogP contribution is -2.45. The first kappa shape index (κ1) is 14.3. The first-order valence-electron chi connectivity index (χ1n) is 6.27. The molecule has 2 aromatic heterocycles. The number of hydrogen-bond acceptors (Lipinski definition) is 5. The Morgan fingerprint density at radius 1 is 1.40 bits per heavy atom. The number of imidazole rings is 1. The Bertz CT molecular complexity index is 611. The maximum absolute atomic E-state index is 11.4. The van der Waals surface area contributed by atoms with Crippen LogP contribution in [0.25, 0.3) is 5.65 Å².